The fourth-order valence-corrected chi connectivity index (χ4v) is 4.35. The van der Waals surface area contributed by atoms with Gasteiger partial charge in [0.05, 0.1) is 5.69 Å². The highest BCUT2D eigenvalue weighted by molar-refractivity contribution is 7.14. The zero-order valence-electron chi connectivity index (χ0n) is 16.4. The second-order valence-electron chi connectivity index (χ2n) is 7.35. The van der Waals surface area contributed by atoms with Crippen LogP contribution in [0.25, 0.3) is 11.3 Å². The lowest BCUT2D eigenvalue weighted by Gasteiger charge is -2.12. The molecule has 0 bridgehead atoms. The number of carbonyl (C=O) groups excluding carboxylic acids is 1. The minimum atomic E-state index is 0.114. The normalized spacial score (nSPS) is 13.9. The van der Waals surface area contributed by atoms with Crippen molar-refractivity contribution in [1.29, 1.82) is 0 Å². The number of unbranched alkanes of at least 4 members (excludes halogenated alkanes) is 5. The molecule has 1 aromatic carbocycles. The fraction of sp³-hybridized carbons (Fsp3) is 0.545. The van der Waals surface area contributed by atoms with Crippen molar-refractivity contribution in [3.8, 4) is 11.3 Å². The van der Waals surface area contributed by atoms with Gasteiger partial charge in [0.2, 0.25) is 5.91 Å². The van der Waals surface area contributed by atoms with Crippen LogP contribution in [-0.2, 0) is 4.79 Å². The van der Waals surface area contributed by atoms with Gasteiger partial charge in [-0.05, 0) is 31.4 Å². The Morgan fingerprint density at radius 2 is 1.78 bits per heavy atom. The van der Waals surface area contributed by atoms with E-state index in [1.54, 1.807) is 11.3 Å². The Hall–Kier alpha value is -1.88. The summed E-state index contributed by atoms with van der Waals surface area (Å²) >= 11 is 1.72. The van der Waals surface area contributed by atoms with Crippen molar-refractivity contribution in [1.82, 2.24) is 4.98 Å². The first kappa shape index (κ1) is 19.9. The van der Waals surface area contributed by atoms with Gasteiger partial charge in [-0.2, -0.15) is 0 Å². The molecule has 0 unspecified atom stereocenters. The van der Waals surface area contributed by atoms with Crippen LogP contribution in [0.15, 0.2) is 29.6 Å². The predicted octanol–water partition coefficient (Wildman–Crippen LogP) is 6.10. The first-order valence-electron chi connectivity index (χ1n) is 10.4. The van der Waals surface area contributed by atoms with Gasteiger partial charge in [0.15, 0.2) is 5.13 Å². The van der Waals surface area contributed by atoms with Gasteiger partial charge in [0.1, 0.15) is 0 Å². The topological polar surface area (TPSA) is 45.2 Å². The summed E-state index contributed by atoms with van der Waals surface area (Å²) in [5.41, 5.74) is 2.99. The molecule has 27 heavy (non-hydrogen) atoms. The molecule has 1 amide bonds. The summed E-state index contributed by atoms with van der Waals surface area (Å²) < 4.78 is 0. The van der Waals surface area contributed by atoms with Crippen LogP contribution in [0.2, 0.25) is 0 Å². The lowest BCUT2D eigenvalue weighted by atomic mass is 10.1. The van der Waals surface area contributed by atoms with Crippen molar-refractivity contribution in [3.05, 3.63) is 29.6 Å². The van der Waals surface area contributed by atoms with Crippen molar-refractivity contribution >= 4 is 28.1 Å². The Labute approximate surface area is 167 Å². The highest BCUT2D eigenvalue weighted by Gasteiger charge is 2.16. The van der Waals surface area contributed by atoms with Gasteiger partial charge < -0.3 is 10.2 Å². The number of aromatic nitrogens is 1. The smallest absolute Gasteiger partial charge is 0.224 e. The van der Waals surface area contributed by atoms with Crippen LogP contribution >= 0.6 is 11.3 Å². The number of hydrogen-bond donors (Lipinski definition) is 1. The summed E-state index contributed by atoms with van der Waals surface area (Å²) in [6.45, 7) is 4.46. The van der Waals surface area contributed by atoms with E-state index in [2.05, 4.69) is 22.5 Å². The Morgan fingerprint density at radius 3 is 2.52 bits per heavy atom. The van der Waals surface area contributed by atoms with Gasteiger partial charge in [0, 0.05) is 36.1 Å². The molecule has 4 nitrogen and oxygen atoms in total. The SMILES string of the molecule is CCCCCCCCC(=O)Nc1ccc(-c2csc(N3CCCC3)n2)cc1. The van der Waals surface area contributed by atoms with Crippen LogP contribution in [0.5, 0.6) is 0 Å². The van der Waals surface area contributed by atoms with Crippen LogP contribution in [0.1, 0.15) is 64.7 Å². The van der Waals surface area contributed by atoms with E-state index in [1.807, 2.05) is 24.3 Å². The number of hydrogen-bond acceptors (Lipinski definition) is 4. The molecule has 1 fully saturated rings. The van der Waals surface area contributed by atoms with E-state index in [-0.39, 0.29) is 5.91 Å². The largest absolute Gasteiger partial charge is 0.348 e. The molecule has 0 spiro atoms. The molecule has 5 heteroatoms. The monoisotopic (exact) mass is 385 g/mol. The Balaban J connectivity index is 1.45. The molecule has 2 heterocycles. The van der Waals surface area contributed by atoms with Gasteiger partial charge in [-0.3, -0.25) is 4.79 Å². The van der Waals surface area contributed by atoms with Gasteiger partial charge in [-0.25, -0.2) is 4.98 Å². The van der Waals surface area contributed by atoms with E-state index >= 15 is 0 Å². The third-order valence-corrected chi connectivity index (χ3v) is 5.99. The van der Waals surface area contributed by atoms with E-state index in [0.29, 0.717) is 6.42 Å². The number of anilines is 2. The number of carbonyl (C=O) groups is 1. The number of nitrogens with one attached hydrogen (secondary N) is 1. The van der Waals surface area contributed by atoms with Gasteiger partial charge >= 0.3 is 0 Å². The second kappa shape index (κ2) is 10.5. The average Bonchev–Trinajstić information content (AvgIpc) is 3.36. The minimum Gasteiger partial charge on any atom is -0.348 e. The van der Waals surface area contributed by atoms with Gasteiger partial charge in [-0.1, -0.05) is 51.2 Å². The average molecular weight is 386 g/mol. The number of rotatable bonds is 10. The maximum absolute atomic E-state index is 12.1. The van der Waals surface area contributed by atoms with E-state index in [4.69, 9.17) is 4.98 Å². The standard InChI is InChI=1S/C22H31N3OS/c1-2-3-4-5-6-7-10-21(26)23-19-13-11-18(12-14-19)20-17-27-22(24-20)25-15-8-9-16-25/h11-14,17H,2-10,15-16H2,1H3,(H,23,26). The lowest BCUT2D eigenvalue weighted by molar-refractivity contribution is -0.116. The number of nitrogens with zero attached hydrogens (tertiary/aromatic N) is 2. The maximum atomic E-state index is 12.1. The maximum Gasteiger partial charge on any atom is 0.224 e. The van der Waals surface area contributed by atoms with Crippen LogP contribution < -0.4 is 10.2 Å². The van der Waals surface area contributed by atoms with Crippen molar-refractivity contribution in [2.45, 2.75) is 64.7 Å². The molecule has 0 aliphatic carbocycles. The van der Waals surface area contributed by atoms with Crippen molar-refractivity contribution in [3.63, 3.8) is 0 Å². The molecule has 2 aromatic rings. The van der Waals surface area contributed by atoms with Crippen molar-refractivity contribution in [2.24, 2.45) is 0 Å². The van der Waals surface area contributed by atoms with Crippen LogP contribution in [0.4, 0.5) is 10.8 Å². The molecule has 1 aliphatic heterocycles. The lowest BCUT2D eigenvalue weighted by Crippen LogP contribution is -2.17. The summed E-state index contributed by atoms with van der Waals surface area (Å²) in [6, 6.07) is 8.04. The molecular weight excluding hydrogens is 354 g/mol. The number of amides is 1. The van der Waals surface area contributed by atoms with Crippen LogP contribution in [-0.4, -0.2) is 24.0 Å². The van der Waals surface area contributed by atoms with Crippen LogP contribution in [0.3, 0.4) is 0 Å². The van der Waals surface area contributed by atoms with Gasteiger partial charge in [-0.15, -0.1) is 11.3 Å². The molecule has 1 N–H and O–H groups in total. The number of thiazole rings is 1. The quantitative estimate of drug-likeness (QED) is 0.503. The molecule has 1 aliphatic rings. The zero-order valence-corrected chi connectivity index (χ0v) is 17.2. The first-order chi connectivity index (χ1) is 13.3. The minimum absolute atomic E-state index is 0.114. The molecule has 146 valence electrons. The summed E-state index contributed by atoms with van der Waals surface area (Å²) in [6.07, 6.45) is 10.4. The van der Waals surface area contributed by atoms with Crippen molar-refractivity contribution in [2.75, 3.05) is 23.3 Å². The van der Waals surface area contributed by atoms with Gasteiger partial charge in [0.25, 0.3) is 0 Å². The summed E-state index contributed by atoms with van der Waals surface area (Å²) in [5, 5.41) is 6.26. The van der Waals surface area contributed by atoms with E-state index in [0.717, 1.165) is 48.0 Å². The first-order valence-corrected chi connectivity index (χ1v) is 11.2. The van der Waals surface area contributed by atoms with Crippen LogP contribution in [0, 0.1) is 0 Å². The Morgan fingerprint density at radius 1 is 1.07 bits per heavy atom. The van der Waals surface area contributed by atoms with E-state index < -0.39 is 0 Å². The Kier molecular flexibility index (Phi) is 7.69. The third kappa shape index (κ3) is 6.06. The predicted molar refractivity (Wildman–Crippen MR) is 116 cm³/mol. The summed E-state index contributed by atoms with van der Waals surface area (Å²) in [5.74, 6) is 0.114. The molecule has 3 rings (SSSR count). The highest BCUT2D eigenvalue weighted by Crippen LogP contribution is 2.30. The Bertz CT molecular complexity index is 705. The second-order valence-corrected chi connectivity index (χ2v) is 8.19. The highest BCUT2D eigenvalue weighted by atomic mass is 32.1. The zero-order chi connectivity index (χ0) is 18.9. The molecular formula is C22H31N3OS. The summed E-state index contributed by atoms with van der Waals surface area (Å²) in [7, 11) is 0. The number of benzene rings is 1. The van der Waals surface area contributed by atoms with Crippen molar-refractivity contribution < 1.29 is 4.79 Å². The molecule has 1 aromatic heterocycles. The molecule has 1 saturated heterocycles. The van der Waals surface area contributed by atoms with E-state index in [9.17, 15) is 4.79 Å². The fourth-order valence-electron chi connectivity index (χ4n) is 3.46. The molecule has 0 saturated carbocycles. The molecule has 0 radical (unpaired) electrons. The van der Waals surface area contributed by atoms with E-state index in [1.165, 1.54) is 38.5 Å². The molecule has 0 atom stereocenters. The third-order valence-electron chi connectivity index (χ3n) is 5.09. The summed E-state index contributed by atoms with van der Waals surface area (Å²) in [4.78, 5) is 19.2.